The van der Waals surface area contributed by atoms with Crippen LogP contribution in [-0.2, 0) is 9.59 Å². The maximum absolute atomic E-state index is 12.7. The predicted octanol–water partition coefficient (Wildman–Crippen LogP) is 2.73. The van der Waals surface area contributed by atoms with E-state index in [4.69, 9.17) is 23.2 Å². The Hall–Kier alpha value is -1.79. The molecule has 2 saturated heterocycles. The summed E-state index contributed by atoms with van der Waals surface area (Å²) in [5.41, 5.74) is 0.0993. The van der Waals surface area contributed by atoms with Crippen LogP contribution in [0.5, 0.6) is 0 Å². The maximum atomic E-state index is 12.7. The van der Waals surface area contributed by atoms with E-state index in [-0.39, 0.29) is 28.3 Å². The van der Waals surface area contributed by atoms with Gasteiger partial charge in [-0.05, 0) is 31.9 Å². The fourth-order valence-corrected chi connectivity index (χ4v) is 3.96. The Bertz CT molecular complexity index is 763. The lowest BCUT2D eigenvalue weighted by molar-refractivity contribution is -0.133. The number of rotatable bonds is 4. The molecule has 6 nitrogen and oxygen atoms in total. The highest BCUT2D eigenvalue weighted by molar-refractivity contribution is 6.43. The number of carbonyl (C=O) groups is 3. The Morgan fingerprint density at radius 3 is 2.44 bits per heavy atom. The van der Waals surface area contributed by atoms with Gasteiger partial charge in [-0.15, -0.1) is 0 Å². The second kappa shape index (κ2) is 8.07. The molecule has 0 spiro atoms. The average Bonchev–Trinajstić information content (AvgIpc) is 3.01. The highest BCUT2D eigenvalue weighted by atomic mass is 35.5. The van der Waals surface area contributed by atoms with Crippen LogP contribution in [0.2, 0.25) is 10.0 Å². The molecule has 0 bridgehead atoms. The molecule has 2 heterocycles. The first kappa shape index (κ1) is 20.0. The van der Waals surface area contributed by atoms with E-state index >= 15 is 0 Å². The summed E-state index contributed by atoms with van der Waals surface area (Å²) in [7, 11) is 0. The molecule has 27 heavy (non-hydrogen) atoms. The highest BCUT2D eigenvalue weighted by Gasteiger charge is 2.34. The van der Waals surface area contributed by atoms with E-state index in [9.17, 15) is 14.4 Å². The van der Waals surface area contributed by atoms with E-state index in [0.717, 1.165) is 6.42 Å². The van der Waals surface area contributed by atoms with Crippen LogP contribution in [0.3, 0.4) is 0 Å². The van der Waals surface area contributed by atoms with Gasteiger partial charge in [0.2, 0.25) is 11.8 Å². The van der Waals surface area contributed by atoms with Crippen LogP contribution in [0.25, 0.3) is 0 Å². The second-order valence-corrected chi connectivity index (χ2v) is 8.17. The van der Waals surface area contributed by atoms with Crippen LogP contribution in [0, 0.1) is 0 Å². The van der Waals surface area contributed by atoms with Crippen molar-refractivity contribution in [2.24, 2.45) is 0 Å². The smallest absolute Gasteiger partial charge is 0.255 e. The first-order valence-electron chi connectivity index (χ1n) is 9.11. The van der Waals surface area contributed by atoms with Crippen molar-refractivity contribution in [3.63, 3.8) is 0 Å². The first-order valence-corrected chi connectivity index (χ1v) is 9.87. The zero-order chi connectivity index (χ0) is 19.6. The lowest BCUT2D eigenvalue weighted by atomic mass is 9.94. The van der Waals surface area contributed by atoms with Crippen LogP contribution < -0.4 is 5.32 Å². The second-order valence-electron chi connectivity index (χ2n) is 7.38. The molecule has 8 heteroatoms. The van der Waals surface area contributed by atoms with Gasteiger partial charge in [0.25, 0.3) is 5.91 Å². The van der Waals surface area contributed by atoms with E-state index in [0.29, 0.717) is 56.0 Å². The van der Waals surface area contributed by atoms with Gasteiger partial charge in [0.15, 0.2) is 0 Å². The van der Waals surface area contributed by atoms with Gasteiger partial charge in [0.1, 0.15) is 0 Å². The molecule has 2 aliphatic heterocycles. The van der Waals surface area contributed by atoms with Crippen molar-refractivity contribution in [1.29, 1.82) is 0 Å². The monoisotopic (exact) mass is 411 g/mol. The number of hydrogen-bond donors (Lipinski definition) is 1. The molecule has 0 unspecified atom stereocenters. The standard InChI is InChI=1S/C19H23Cl2N3O3/c1-19(7-5-15(25)22-19)8-6-16(26)23-9-11-24(12-10-23)18(27)13-3-2-4-14(20)17(13)21/h2-4H,5-12H2,1H3,(H,22,25)/t19-/m1/s1. The molecule has 0 radical (unpaired) electrons. The topological polar surface area (TPSA) is 69.7 Å². The molecular formula is C19H23Cl2N3O3. The minimum atomic E-state index is -0.284. The van der Waals surface area contributed by atoms with Gasteiger partial charge in [-0.25, -0.2) is 0 Å². The van der Waals surface area contributed by atoms with Crippen molar-refractivity contribution in [3.05, 3.63) is 33.8 Å². The minimum Gasteiger partial charge on any atom is -0.351 e. The Kier molecular flexibility index (Phi) is 5.96. The highest BCUT2D eigenvalue weighted by Crippen LogP contribution is 2.27. The van der Waals surface area contributed by atoms with Crippen molar-refractivity contribution in [1.82, 2.24) is 15.1 Å². The van der Waals surface area contributed by atoms with Gasteiger partial charge in [0, 0.05) is 44.6 Å². The molecule has 1 N–H and O–H groups in total. The van der Waals surface area contributed by atoms with E-state index in [1.807, 2.05) is 6.92 Å². The predicted molar refractivity (Wildman–Crippen MR) is 104 cm³/mol. The third kappa shape index (κ3) is 4.55. The molecule has 0 aromatic heterocycles. The van der Waals surface area contributed by atoms with Crippen molar-refractivity contribution >= 4 is 40.9 Å². The number of carbonyl (C=O) groups excluding carboxylic acids is 3. The number of nitrogens with zero attached hydrogens (tertiary/aromatic N) is 2. The summed E-state index contributed by atoms with van der Waals surface area (Å²) in [6.45, 7) is 3.89. The van der Waals surface area contributed by atoms with Gasteiger partial charge in [0.05, 0.1) is 15.6 Å². The third-order valence-corrected chi connectivity index (χ3v) is 6.16. The van der Waals surface area contributed by atoms with Crippen LogP contribution >= 0.6 is 23.2 Å². The molecule has 1 aromatic rings. The van der Waals surface area contributed by atoms with E-state index < -0.39 is 0 Å². The van der Waals surface area contributed by atoms with Gasteiger partial charge >= 0.3 is 0 Å². The molecular weight excluding hydrogens is 389 g/mol. The summed E-state index contributed by atoms with van der Waals surface area (Å²) in [5, 5.41) is 3.56. The van der Waals surface area contributed by atoms with Gasteiger partial charge in [-0.1, -0.05) is 29.3 Å². The lowest BCUT2D eigenvalue weighted by Crippen LogP contribution is -2.51. The molecule has 0 aliphatic carbocycles. The van der Waals surface area contributed by atoms with Crippen LogP contribution in [0.1, 0.15) is 43.0 Å². The normalized spacial score (nSPS) is 22.7. The summed E-state index contributed by atoms with van der Waals surface area (Å²) in [6, 6.07) is 5.00. The van der Waals surface area contributed by atoms with Crippen molar-refractivity contribution in [3.8, 4) is 0 Å². The van der Waals surface area contributed by atoms with Gasteiger partial charge in [-0.2, -0.15) is 0 Å². The van der Waals surface area contributed by atoms with E-state index in [1.54, 1.807) is 28.0 Å². The number of benzene rings is 1. The summed E-state index contributed by atoms with van der Waals surface area (Å²) in [4.78, 5) is 40.0. The number of nitrogens with one attached hydrogen (secondary N) is 1. The largest absolute Gasteiger partial charge is 0.351 e. The number of piperazine rings is 1. The molecule has 1 atom stereocenters. The molecule has 146 valence electrons. The van der Waals surface area contributed by atoms with Gasteiger partial charge < -0.3 is 15.1 Å². The molecule has 2 fully saturated rings. The summed E-state index contributed by atoms with van der Waals surface area (Å²) in [6.07, 6.45) is 2.32. The zero-order valence-electron chi connectivity index (χ0n) is 15.3. The van der Waals surface area contributed by atoms with Gasteiger partial charge in [-0.3, -0.25) is 14.4 Å². The van der Waals surface area contributed by atoms with E-state index in [2.05, 4.69) is 5.32 Å². The van der Waals surface area contributed by atoms with Crippen molar-refractivity contribution < 1.29 is 14.4 Å². The molecule has 3 amide bonds. The minimum absolute atomic E-state index is 0.0525. The average molecular weight is 412 g/mol. The summed E-state index contributed by atoms with van der Waals surface area (Å²) < 4.78 is 0. The van der Waals surface area contributed by atoms with Crippen LogP contribution in [-0.4, -0.2) is 59.2 Å². The Morgan fingerprint density at radius 1 is 1.15 bits per heavy atom. The van der Waals surface area contributed by atoms with Crippen LogP contribution in [0.15, 0.2) is 18.2 Å². The zero-order valence-corrected chi connectivity index (χ0v) is 16.8. The molecule has 2 aliphatic rings. The fourth-order valence-electron chi connectivity index (χ4n) is 3.58. The van der Waals surface area contributed by atoms with Crippen molar-refractivity contribution in [2.75, 3.05) is 26.2 Å². The quantitative estimate of drug-likeness (QED) is 0.827. The number of halogens is 2. The van der Waals surface area contributed by atoms with Crippen LogP contribution in [0.4, 0.5) is 0 Å². The Balaban J connectivity index is 1.51. The Labute approximate surface area is 168 Å². The third-order valence-electron chi connectivity index (χ3n) is 5.34. The number of amides is 3. The van der Waals surface area contributed by atoms with E-state index in [1.165, 1.54) is 0 Å². The maximum Gasteiger partial charge on any atom is 0.255 e. The molecule has 1 aromatic carbocycles. The number of hydrogen-bond acceptors (Lipinski definition) is 3. The Morgan fingerprint density at radius 2 is 1.81 bits per heavy atom. The summed E-state index contributed by atoms with van der Waals surface area (Å²) >= 11 is 12.1. The van der Waals surface area contributed by atoms with Crippen molar-refractivity contribution in [2.45, 2.75) is 38.1 Å². The molecule has 0 saturated carbocycles. The molecule has 3 rings (SSSR count). The first-order chi connectivity index (χ1) is 12.8. The summed E-state index contributed by atoms with van der Waals surface area (Å²) in [5.74, 6) is -0.0576. The fraction of sp³-hybridized carbons (Fsp3) is 0.526. The SMILES string of the molecule is C[C@]1(CCC(=O)N2CCN(C(=O)c3cccc(Cl)c3Cl)CC2)CCC(=O)N1. The lowest BCUT2D eigenvalue weighted by Gasteiger charge is -2.35.